The van der Waals surface area contributed by atoms with Crippen LogP contribution in [0.1, 0.15) is 43.2 Å². The van der Waals surface area contributed by atoms with E-state index < -0.39 is 9.84 Å². The Hall–Kier alpha value is -0.690. The molecule has 2 heterocycles. The first kappa shape index (κ1) is 14.7. The summed E-state index contributed by atoms with van der Waals surface area (Å²) >= 11 is 3.34. The maximum atomic E-state index is 12.3. The van der Waals surface area contributed by atoms with E-state index in [2.05, 4.69) is 21.0 Å². The van der Waals surface area contributed by atoms with Gasteiger partial charge in [-0.2, -0.15) is 5.10 Å². The van der Waals surface area contributed by atoms with Crippen molar-refractivity contribution in [1.29, 1.82) is 0 Å². The summed E-state index contributed by atoms with van der Waals surface area (Å²) in [4.78, 5) is 12.3. The summed E-state index contributed by atoms with van der Waals surface area (Å²) in [5, 5.41) is 4.17. The second-order valence-corrected chi connectivity index (χ2v) is 8.36. The van der Waals surface area contributed by atoms with Crippen LogP contribution in [0.25, 0.3) is 0 Å². The largest absolute Gasteiger partial charge is 0.292 e. The highest BCUT2D eigenvalue weighted by Gasteiger charge is 2.31. The van der Waals surface area contributed by atoms with Gasteiger partial charge in [0.1, 0.15) is 5.69 Å². The molecule has 5 nitrogen and oxygen atoms in total. The topological polar surface area (TPSA) is 69.0 Å². The molecule has 106 valence electrons. The van der Waals surface area contributed by atoms with E-state index in [1.54, 1.807) is 10.9 Å². The van der Waals surface area contributed by atoms with Crippen LogP contribution >= 0.6 is 15.9 Å². The van der Waals surface area contributed by atoms with Crippen molar-refractivity contribution in [3.8, 4) is 0 Å². The van der Waals surface area contributed by atoms with Crippen molar-refractivity contribution in [3.63, 3.8) is 0 Å². The molecule has 1 aromatic rings. The molecule has 2 rings (SSSR count). The number of aromatic nitrogens is 2. The molecule has 1 aliphatic rings. The number of hydrogen-bond donors (Lipinski definition) is 0. The number of sulfone groups is 1. The number of rotatable bonds is 4. The van der Waals surface area contributed by atoms with E-state index in [1.807, 2.05) is 13.8 Å². The summed E-state index contributed by atoms with van der Waals surface area (Å²) in [5.41, 5.74) is 0.541. The number of Topliss-reactive ketones (excluding diaryl/α,β-unsaturated/α-hetero) is 1. The van der Waals surface area contributed by atoms with Gasteiger partial charge < -0.3 is 0 Å². The fraction of sp³-hybridized carbons (Fsp3) is 0.667. The maximum Gasteiger partial charge on any atom is 0.182 e. The lowest BCUT2D eigenvalue weighted by molar-refractivity contribution is 0.0952. The summed E-state index contributed by atoms with van der Waals surface area (Å²) in [6.07, 6.45) is 2.47. The van der Waals surface area contributed by atoms with E-state index in [9.17, 15) is 13.2 Å². The van der Waals surface area contributed by atoms with Gasteiger partial charge in [0.25, 0.3) is 0 Å². The highest BCUT2D eigenvalue weighted by molar-refractivity contribution is 9.10. The van der Waals surface area contributed by atoms with Crippen molar-refractivity contribution in [2.24, 2.45) is 5.92 Å². The van der Waals surface area contributed by atoms with Gasteiger partial charge in [-0.3, -0.25) is 9.48 Å². The van der Waals surface area contributed by atoms with Crippen LogP contribution in [0.3, 0.4) is 0 Å². The van der Waals surface area contributed by atoms with Gasteiger partial charge in [0.05, 0.1) is 22.2 Å². The molecule has 1 aliphatic heterocycles. The number of hydrogen-bond acceptors (Lipinski definition) is 4. The molecule has 1 aromatic heterocycles. The predicted molar refractivity (Wildman–Crippen MR) is 76.0 cm³/mol. The van der Waals surface area contributed by atoms with Crippen LogP contribution in [0.15, 0.2) is 10.7 Å². The van der Waals surface area contributed by atoms with E-state index in [-0.39, 0.29) is 35.7 Å². The lowest BCUT2D eigenvalue weighted by Crippen LogP contribution is -2.16. The van der Waals surface area contributed by atoms with E-state index in [4.69, 9.17) is 0 Å². The molecular formula is C12H17BrN2O3S. The Morgan fingerprint density at radius 3 is 2.79 bits per heavy atom. The highest BCUT2D eigenvalue weighted by atomic mass is 79.9. The van der Waals surface area contributed by atoms with Gasteiger partial charge in [0.15, 0.2) is 15.6 Å². The first-order chi connectivity index (χ1) is 8.80. The third-order valence-electron chi connectivity index (χ3n) is 3.30. The summed E-state index contributed by atoms with van der Waals surface area (Å²) in [5.74, 6) is 0.238. The Morgan fingerprint density at radius 1 is 1.58 bits per heavy atom. The third kappa shape index (κ3) is 3.25. The van der Waals surface area contributed by atoms with Crippen LogP contribution < -0.4 is 0 Å². The SMILES string of the molecule is CC(C)n1ncc(Br)c1C(=O)CC1CCS(=O)(=O)C1. The lowest BCUT2D eigenvalue weighted by Gasteiger charge is -2.12. The predicted octanol–water partition coefficient (Wildman–Crippen LogP) is 2.23. The van der Waals surface area contributed by atoms with Crippen LogP contribution in [-0.2, 0) is 9.84 Å². The fourth-order valence-corrected chi connectivity index (χ4v) is 4.74. The van der Waals surface area contributed by atoms with Crippen molar-refractivity contribution in [1.82, 2.24) is 9.78 Å². The van der Waals surface area contributed by atoms with Crippen molar-refractivity contribution < 1.29 is 13.2 Å². The molecule has 1 unspecified atom stereocenters. The Bertz CT molecular complexity index is 592. The highest BCUT2D eigenvalue weighted by Crippen LogP contribution is 2.26. The lowest BCUT2D eigenvalue weighted by atomic mass is 10.0. The standard InChI is InChI=1S/C12H17BrN2O3S/c1-8(2)15-12(10(13)6-14-15)11(16)5-9-3-4-19(17,18)7-9/h6,8-9H,3-5,7H2,1-2H3. The Labute approximate surface area is 121 Å². The van der Waals surface area contributed by atoms with Crippen LogP contribution in [0, 0.1) is 5.92 Å². The van der Waals surface area contributed by atoms with Gasteiger partial charge in [-0.1, -0.05) is 0 Å². The zero-order valence-corrected chi connectivity index (χ0v) is 13.4. The maximum absolute atomic E-state index is 12.3. The van der Waals surface area contributed by atoms with Gasteiger partial charge in [0, 0.05) is 12.5 Å². The number of nitrogens with zero attached hydrogens (tertiary/aromatic N) is 2. The number of carbonyl (C=O) groups is 1. The molecule has 0 aliphatic carbocycles. The van der Waals surface area contributed by atoms with E-state index in [0.717, 1.165) is 0 Å². The molecule has 0 spiro atoms. The van der Waals surface area contributed by atoms with Crippen molar-refractivity contribution in [3.05, 3.63) is 16.4 Å². The number of halogens is 1. The van der Waals surface area contributed by atoms with Crippen LogP contribution in [-0.4, -0.2) is 35.5 Å². The summed E-state index contributed by atoms with van der Waals surface area (Å²) in [6, 6.07) is 0.0950. The van der Waals surface area contributed by atoms with Crippen LogP contribution in [0.2, 0.25) is 0 Å². The molecule has 0 radical (unpaired) electrons. The molecule has 7 heteroatoms. The summed E-state index contributed by atoms with van der Waals surface area (Å²) < 4.78 is 25.2. The minimum Gasteiger partial charge on any atom is -0.292 e. The molecule has 0 amide bonds. The van der Waals surface area contributed by atoms with Gasteiger partial charge in [-0.05, 0) is 42.1 Å². The molecule has 1 fully saturated rings. The Kier molecular flexibility index (Phi) is 4.15. The Balaban J connectivity index is 2.15. The quantitative estimate of drug-likeness (QED) is 0.782. The van der Waals surface area contributed by atoms with E-state index >= 15 is 0 Å². The molecule has 0 saturated carbocycles. The minimum atomic E-state index is -2.93. The van der Waals surface area contributed by atoms with Gasteiger partial charge in [-0.15, -0.1) is 0 Å². The zero-order chi connectivity index (χ0) is 14.2. The average molecular weight is 349 g/mol. The van der Waals surface area contributed by atoms with Gasteiger partial charge in [0.2, 0.25) is 0 Å². The van der Waals surface area contributed by atoms with Gasteiger partial charge >= 0.3 is 0 Å². The van der Waals surface area contributed by atoms with Gasteiger partial charge in [-0.25, -0.2) is 8.42 Å². The zero-order valence-electron chi connectivity index (χ0n) is 11.0. The summed E-state index contributed by atoms with van der Waals surface area (Å²) in [6.45, 7) is 3.91. The molecule has 1 saturated heterocycles. The molecule has 19 heavy (non-hydrogen) atoms. The monoisotopic (exact) mass is 348 g/mol. The minimum absolute atomic E-state index is 0.0415. The third-order valence-corrected chi connectivity index (χ3v) is 5.72. The van der Waals surface area contributed by atoms with Crippen LogP contribution in [0.5, 0.6) is 0 Å². The molecule has 1 atom stereocenters. The average Bonchev–Trinajstić information content (AvgIpc) is 2.81. The van der Waals surface area contributed by atoms with E-state index in [0.29, 0.717) is 16.6 Å². The smallest absolute Gasteiger partial charge is 0.182 e. The molecule has 0 N–H and O–H groups in total. The van der Waals surface area contributed by atoms with Crippen LogP contribution in [0.4, 0.5) is 0 Å². The number of carbonyl (C=O) groups excluding carboxylic acids is 1. The van der Waals surface area contributed by atoms with Crippen molar-refractivity contribution in [2.75, 3.05) is 11.5 Å². The molecule has 0 bridgehead atoms. The number of ketones is 1. The fourth-order valence-electron chi connectivity index (χ4n) is 2.39. The summed E-state index contributed by atoms with van der Waals surface area (Å²) in [7, 11) is -2.93. The van der Waals surface area contributed by atoms with Crippen molar-refractivity contribution in [2.45, 2.75) is 32.7 Å². The Morgan fingerprint density at radius 2 is 2.26 bits per heavy atom. The first-order valence-electron chi connectivity index (χ1n) is 6.27. The second kappa shape index (κ2) is 5.36. The first-order valence-corrected chi connectivity index (χ1v) is 8.88. The second-order valence-electron chi connectivity index (χ2n) is 5.28. The molecule has 0 aromatic carbocycles. The normalized spacial score (nSPS) is 22.0. The molecular weight excluding hydrogens is 332 g/mol. The van der Waals surface area contributed by atoms with E-state index in [1.165, 1.54) is 0 Å². The van der Waals surface area contributed by atoms with Crippen molar-refractivity contribution >= 4 is 31.6 Å².